The highest BCUT2D eigenvalue weighted by Gasteiger charge is 2.15. The molecule has 1 aromatic carbocycles. The smallest absolute Gasteiger partial charge is 0.0722 e. The molecule has 1 unspecified atom stereocenters. The molecule has 2 rings (SSSR count). The number of aromatic nitrogens is 1. The van der Waals surface area contributed by atoms with E-state index in [1.165, 1.54) is 11.1 Å². The van der Waals surface area contributed by atoms with Gasteiger partial charge in [0, 0.05) is 29.9 Å². The first-order valence-corrected chi connectivity index (χ1v) is 6.83. The van der Waals surface area contributed by atoms with Crippen molar-refractivity contribution in [2.75, 3.05) is 26.0 Å². The van der Waals surface area contributed by atoms with Crippen molar-refractivity contribution >= 4 is 16.6 Å². The fourth-order valence-electron chi connectivity index (χ4n) is 2.24. The first-order chi connectivity index (χ1) is 9.08. The summed E-state index contributed by atoms with van der Waals surface area (Å²) in [6, 6.07) is 10.8. The number of pyridine rings is 1. The zero-order valence-corrected chi connectivity index (χ0v) is 12.2. The van der Waals surface area contributed by atoms with Crippen molar-refractivity contribution in [3.63, 3.8) is 0 Å². The van der Waals surface area contributed by atoms with Crippen molar-refractivity contribution in [1.29, 1.82) is 0 Å². The van der Waals surface area contributed by atoms with Crippen LogP contribution in [-0.2, 0) is 0 Å². The van der Waals surface area contributed by atoms with Gasteiger partial charge >= 0.3 is 0 Å². The van der Waals surface area contributed by atoms with Crippen LogP contribution in [0.15, 0.2) is 36.5 Å². The number of benzene rings is 1. The third-order valence-electron chi connectivity index (χ3n) is 3.36. The van der Waals surface area contributed by atoms with Gasteiger partial charge < -0.3 is 10.2 Å². The summed E-state index contributed by atoms with van der Waals surface area (Å²) in [4.78, 5) is 6.63. The summed E-state index contributed by atoms with van der Waals surface area (Å²) in [7, 11) is 4.23. The Labute approximate surface area is 115 Å². The molecule has 1 N–H and O–H groups in total. The van der Waals surface area contributed by atoms with Crippen molar-refractivity contribution in [3.8, 4) is 0 Å². The van der Waals surface area contributed by atoms with E-state index in [-0.39, 0.29) is 0 Å². The van der Waals surface area contributed by atoms with Gasteiger partial charge in [-0.25, -0.2) is 0 Å². The van der Waals surface area contributed by atoms with Gasteiger partial charge in [0.05, 0.1) is 5.52 Å². The third-order valence-corrected chi connectivity index (χ3v) is 3.36. The Kier molecular flexibility index (Phi) is 4.38. The quantitative estimate of drug-likeness (QED) is 0.891. The topological polar surface area (TPSA) is 28.2 Å². The molecular formula is C16H23N3. The average Bonchev–Trinajstić information content (AvgIpc) is 2.37. The molecular weight excluding hydrogens is 234 g/mol. The van der Waals surface area contributed by atoms with Crippen LogP contribution in [0.2, 0.25) is 0 Å². The molecule has 0 aliphatic rings. The van der Waals surface area contributed by atoms with Crippen molar-refractivity contribution in [2.45, 2.75) is 19.9 Å². The Bertz CT molecular complexity index is 529. The number of likely N-dealkylation sites (N-methyl/N-ethyl adjacent to an activating group) is 1. The SMILES string of the molecule is CC(C)C(CN(C)C)Nc1ccnc2ccccc12. The molecule has 3 heteroatoms. The summed E-state index contributed by atoms with van der Waals surface area (Å²) >= 11 is 0. The second-order valence-electron chi connectivity index (χ2n) is 5.63. The summed E-state index contributed by atoms with van der Waals surface area (Å²) < 4.78 is 0. The summed E-state index contributed by atoms with van der Waals surface area (Å²) in [6.45, 7) is 5.53. The maximum Gasteiger partial charge on any atom is 0.0722 e. The van der Waals surface area contributed by atoms with Crippen molar-refractivity contribution in [1.82, 2.24) is 9.88 Å². The first kappa shape index (κ1) is 13.8. The van der Waals surface area contributed by atoms with Gasteiger partial charge in [-0.2, -0.15) is 0 Å². The highest BCUT2D eigenvalue weighted by atomic mass is 15.1. The summed E-state index contributed by atoms with van der Waals surface area (Å²) in [5.74, 6) is 0.578. The van der Waals surface area contributed by atoms with Gasteiger partial charge in [0.25, 0.3) is 0 Å². The highest BCUT2D eigenvalue weighted by molar-refractivity contribution is 5.90. The Balaban J connectivity index is 2.28. The summed E-state index contributed by atoms with van der Waals surface area (Å²) in [6.07, 6.45) is 1.87. The summed E-state index contributed by atoms with van der Waals surface area (Å²) in [5, 5.41) is 4.86. The number of hydrogen-bond acceptors (Lipinski definition) is 3. The van der Waals surface area contributed by atoms with E-state index < -0.39 is 0 Å². The van der Waals surface area contributed by atoms with Crippen molar-refractivity contribution in [3.05, 3.63) is 36.5 Å². The van der Waals surface area contributed by atoms with Gasteiger partial charge in [-0.3, -0.25) is 4.98 Å². The molecule has 0 fully saturated rings. The van der Waals surface area contributed by atoms with E-state index in [0.29, 0.717) is 12.0 Å². The second-order valence-corrected chi connectivity index (χ2v) is 5.63. The van der Waals surface area contributed by atoms with E-state index in [0.717, 1.165) is 12.1 Å². The molecule has 0 saturated heterocycles. The predicted molar refractivity (Wildman–Crippen MR) is 82.5 cm³/mol. The number of nitrogens with one attached hydrogen (secondary N) is 1. The molecule has 0 aliphatic heterocycles. The largest absolute Gasteiger partial charge is 0.380 e. The predicted octanol–water partition coefficient (Wildman–Crippen LogP) is 3.23. The van der Waals surface area contributed by atoms with Crippen LogP contribution in [-0.4, -0.2) is 36.6 Å². The van der Waals surface area contributed by atoms with E-state index in [1.807, 2.05) is 12.3 Å². The van der Waals surface area contributed by atoms with Crippen LogP contribution in [0, 0.1) is 5.92 Å². The van der Waals surface area contributed by atoms with E-state index in [2.05, 4.69) is 67.4 Å². The third kappa shape index (κ3) is 3.44. The molecule has 0 saturated carbocycles. The lowest BCUT2D eigenvalue weighted by Crippen LogP contribution is -2.36. The lowest BCUT2D eigenvalue weighted by atomic mass is 10.0. The fourth-order valence-corrected chi connectivity index (χ4v) is 2.24. The number of nitrogens with zero attached hydrogens (tertiary/aromatic N) is 2. The minimum absolute atomic E-state index is 0.431. The lowest BCUT2D eigenvalue weighted by Gasteiger charge is -2.27. The monoisotopic (exact) mass is 257 g/mol. The van der Waals surface area contributed by atoms with E-state index in [9.17, 15) is 0 Å². The van der Waals surface area contributed by atoms with E-state index in [4.69, 9.17) is 0 Å². The molecule has 1 heterocycles. The van der Waals surface area contributed by atoms with Gasteiger partial charge in [-0.1, -0.05) is 32.0 Å². The molecule has 0 bridgehead atoms. The minimum atomic E-state index is 0.431. The molecule has 0 radical (unpaired) electrons. The Morgan fingerprint density at radius 2 is 1.89 bits per heavy atom. The maximum atomic E-state index is 4.40. The zero-order valence-electron chi connectivity index (χ0n) is 12.2. The van der Waals surface area contributed by atoms with Crippen LogP contribution in [0.1, 0.15) is 13.8 Å². The first-order valence-electron chi connectivity index (χ1n) is 6.83. The zero-order chi connectivity index (χ0) is 13.8. The Morgan fingerprint density at radius 3 is 2.58 bits per heavy atom. The van der Waals surface area contributed by atoms with Crippen LogP contribution in [0.4, 0.5) is 5.69 Å². The molecule has 1 atom stereocenters. The summed E-state index contributed by atoms with van der Waals surface area (Å²) in [5.41, 5.74) is 2.21. The van der Waals surface area contributed by atoms with Gasteiger partial charge in [0.15, 0.2) is 0 Å². The van der Waals surface area contributed by atoms with Gasteiger partial charge in [0.2, 0.25) is 0 Å². The van der Waals surface area contributed by atoms with Crippen LogP contribution >= 0.6 is 0 Å². The maximum absolute atomic E-state index is 4.40. The number of rotatable bonds is 5. The molecule has 2 aromatic rings. The second kappa shape index (κ2) is 6.02. The fraction of sp³-hybridized carbons (Fsp3) is 0.438. The lowest BCUT2D eigenvalue weighted by molar-refractivity contribution is 0.345. The van der Waals surface area contributed by atoms with Gasteiger partial charge in [0.1, 0.15) is 0 Å². The van der Waals surface area contributed by atoms with E-state index in [1.54, 1.807) is 0 Å². The van der Waals surface area contributed by atoms with E-state index >= 15 is 0 Å². The van der Waals surface area contributed by atoms with Crippen molar-refractivity contribution < 1.29 is 0 Å². The number of fused-ring (bicyclic) bond motifs is 1. The van der Waals surface area contributed by atoms with Crippen LogP contribution in [0.5, 0.6) is 0 Å². The number of para-hydroxylation sites is 1. The minimum Gasteiger partial charge on any atom is -0.380 e. The normalized spacial score (nSPS) is 13.2. The highest BCUT2D eigenvalue weighted by Crippen LogP contribution is 2.23. The van der Waals surface area contributed by atoms with Crippen LogP contribution in [0.3, 0.4) is 0 Å². The molecule has 102 valence electrons. The standard InChI is InChI=1S/C16H23N3/c1-12(2)16(11-19(3)4)18-15-9-10-17-14-8-6-5-7-13(14)15/h5-10,12,16H,11H2,1-4H3,(H,17,18). The number of anilines is 1. The molecule has 1 aromatic heterocycles. The van der Waals surface area contributed by atoms with Crippen LogP contribution in [0.25, 0.3) is 10.9 Å². The van der Waals surface area contributed by atoms with Crippen molar-refractivity contribution in [2.24, 2.45) is 5.92 Å². The molecule has 0 aliphatic carbocycles. The molecule has 0 spiro atoms. The van der Waals surface area contributed by atoms with Gasteiger partial charge in [-0.15, -0.1) is 0 Å². The molecule has 19 heavy (non-hydrogen) atoms. The Morgan fingerprint density at radius 1 is 1.16 bits per heavy atom. The van der Waals surface area contributed by atoms with Gasteiger partial charge in [-0.05, 0) is 32.1 Å². The molecule has 3 nitrogen and oxygen atoms in total. The average molecular weight is 257 g/mol. The van der Waals surface area contributed by atoms with Crippen LogP contribution < -0.4 is 5.32 Å². The molecule has 0 amide bonds. The number of hydrogen-bond donors (Lipinski definition) is 1. The Hall–Kier alpha value is -1.61.